The molecule has 0 saturated carbocycles. The number of aliphatic hydroxyl groups is 1. The average molecular weight is 321 g/mol. The highest BCUT2D eigenvalue weighted by Crippen LogP contribution is 2.18. The van der Waals surface area contributed by atoms with Crippen LogP contribution in [0, 0.1) is 0 Å². The maximum absolute atomic E-state index is 9.76. The molecule has 9 heteroatoms. The minimum absolute atomic E-state index is 0.265. The molecular formula is C13H19N7OS. The fraction of sp³-hybridized carbons (Fsp3) is 0.538. The van der Waals surface area contributed by atoms with Gasteiger partial charge in [0, 0.05) is 31.6 Å². The molecular weight excluding hydrogens is 302 g/mol. The molecule has 8 nitrogen and oxygen atoms in total. The van der Waals surface area contributed by atoms with E-state index in [0.29, 0.717) is 12.5 Å². The van der Waals surface area contributed by atoms with Crippen molar-refractivity contribution in [3.05, 3.63) is 18.6 Å². The van der Waals surface area contributed by atoms with Gasteiger partial charge in [0.25, 0.3) is 0 Å². The largest absolute Gasteiger partial charge is 0.391 e. The first-order valence-corrected chi connectivity index (χ1v) is 8.28. The topological polar surface area (TPSA) is 103 Å². The molecule has 22 heavy (non-hydrogen) atoms. The summed E-state index contributed by atoms with van der Waals surface area (Å²) in [5.41, 5.74) is 0. The van der Waals surface area contributed by atoms with Gasteiger partial charge in [-0.05, 0) is 18.9 Å². The third kappa shape index (κ3) is 4.08. The Morgan fingerprint density at radius 2 is 2.41 bits per heavy atom. The number of H-pyrrole nitrogens is 1. The number of aliphatic hydroxyl groups excluding tert-OH is 1. The number of hydrogen-bond acceptors (Lipinski definition) is 8. The molecule has 0 spiro atoms. The number of β-amino-alcohol motifs (C(OH)–C–C–N with tert-alkyl or cyclic N) is 1. The number of hydrogen-bond donors (Lipinski definition) is 3. The maximum atomic E-state index is 9.76. The summed E-state index contributed by atoms with van der Waals surface area (Å²) in [7, 11) is 0. The second-order valence-corrected chi connectivity index (χ2v) is 6.13. The van der Waals surface area contributed by atoms with Gasteiger partial charge in [0.05, 0.1) is 6.10 Å². The van der Waals surface area contributed by atoms with Crippen LogP contribution in [0.4, 0.5) is 11.8 Å². The monoisotopic (exact) mass is 321 g/mol. The van der Waals surface area contributed by atoms with E-state index in [1.807, 2.05) is 6.07 Å². The van der Waals surface area contributed by atoms with E-state index in [2.05, 4.69) is 35.4 Å². The van der Waals surface area contributed by atoms with E-state index in [4.69, 9.17) is 0 Å². The molecule has 3 rings (SSSR count). The number of nitrogens with zero attached hydrogens (tertiary/aromatic N) is 5. The molecule has 0 amide bonds. The zero-order chi connectivity index (χ0) is 15.2. The first-order chi connectivity index (χ1) is 10.8. The smallest absolute Gasteiger partial charge is 0.224 e. The van der Waals surface area contributed by atoms with Crippen molar-refractivity contribution in [3.63, 3.8) is 0 Å². The number of aromatic amines is 1. The third-order valence-electron chi connectivity index (χ3n) is 3.38. The summed E-state index contributed by atoms with van der Waals surface area (Å²) >= 11 is 1.59. The van der Waals surface area contributed by atoms with Crippen molar-refractivity contribution in [1.29, 1.82) is 0 Å². The normalized spacial score (nSPS) is 18.4. The molecule has 0 aromatic carbocycles. The van der Waals surface area contributed by atoms with Gasteiger partial charge in [0.2, 0.25) is 5.95 Å². The van der Waals surface area contributed by atoms with Gasteiger partial charge in [-0.2, -0.15) is 10.1 Å². The van der Waals surface area contributed by atoms with E-state index in [9.17, 15) is 5.11 Å². The summed E-state index contributed by atoms with van der Waals surface area (Å²) < 4.78 is 0. The summed E-state index contributed by atoms with van der Waals surface area (Å²) in [5.74, 6) is 2.31. The Morgan fingerprint density at radius 1 is 1.45 bits per heavy atom. The first-order valence-electron chi connectivity index (χ1n) is 7.29. The van der Waals surface area contributed by atoms with Crippen LogP contribution in [0.5, 0.6) is 0 Å². The highest BCUT2D eigenvalue weighted by molar-refractivity contribution is 7.99. The van der Waals surface area contributed by atoms with Gasteiger partial charge in [-0.1, -0.05) is 11.8 Å². The zero-order valence-electron chi connectivity index (χ0n) is 12.1. The molecule has 1 aliphatic heterocycles. The van der Waals surface area contributed by atoms with E-state index in [0.717, 1.165) is 42.7 Å². The highest BCUT2D eigenvalue weighted by atomic mass is 32.2. The molecule has 1 atom stereocenters. The van der Waals surface area contributed by atoms with Crippen LogP contribution < -0.4 is 10.2 Å². The molecule has 1 aliphatic rings. The zero-order valence-corrected chi connectivity index (χ0v) is 13.0. The highest BCUT2D eigenvalue weighted by Gasteiger charge is 2.19. The van der Waals surface area contributed by atoms with Gasteiger partial charge in [0.15, 0.2) is 5.16 Å². The van der Waals surface area contributed by atoms with Crippen LogP contribution in [-0.2, 0) is 0 Å². The minimum Gasteiger partial charge on any atom is -0.391 e. The second kappa shape index (κ2) is 7.41. The van der Waals surface area contributed by atoms with Crippen LogP contribution in [0.1, 0.15) is 12.8 Å². The van der Waals surface area contributed by atoms with Crippen molar-refractivity contribution >= 4 is 23.5 Å². The SMILES string of the molecule is O[C@@H]1CCCN(c2ccnc(NCCSc3ncn[nH]3)n2)C1. The lowest BCUT2D eigenvalue weighted by molar-refractivity contribution is 0.154. The summed E-state index contributed by atoms with van der Waals surface area (Å²) in [6, 6.07) is 1.88. The summed E-state index contributed by atoms with van der Waals surface area (Å²) in [5, 5.41) is 20.4. The molecule has 3 N–H and O–H groups in total. The average Bonchev–Trinajstić information content (AvgIpc) is 3.05. The number of nitrogens with one attached hydrogen (secondary N) is 2. The van der Waals surface area contributed by atoms with Gasteiger partial charge in [-0.15, -0.1) is 0 Å². The van der Waals surface area contributed by atoms with Gasteiger partial charge in [-0.3, -0.25) is 5.10 Å². The molecule has 1 fully saturated rings. The molecule has 2 aromatic rings. The summed E-state index contributed by atoms with van der Waals surface area (Å²) in [4.78, 5) is 14.9. The van der Waals surface area contributed by atoms with Gasteiger partial charge >= 0.3 is 0 Å². The predicted molar refractivity (Wildman–Crippen MR) is 85.1 cm³/mol. The van der Waals surface area contributed by atoms with Gasteiger partial charge in [0.1, 0.15) is 12.1 Å². The molecule has 0 unspecified atom stereocenters. The van der Waals surface area contributed by atoms with E-state index in [1.165, 1.54) is 6.33 Å². The van der Waals surface area contributed by atoms with E-state index >= 15 is 0 Å². The van der Waals surface area contributed by atoms with Crippen LogP contribution in [0.3, 0.4) is 0 Å². The lowest BCUT2D eigenvalue weighted by Crippen LogP contribution is -2.38. The Hall–Kier alpha value is -1.87. The van der Waals surface area contributed by atoms with E-state index in [-0.39, 0.29) is 6.10 Å². The van der Waals surface area contributed by atoms with Crippen molar-refractivity contribution in [3.8, 4) is 0 Å². The van der Waals surface area contributed by atoms with Crippen molar-refractivity contribution in [2.75, 3.05) is 35.6 Å². The number of aromatic nitrogens is 5. The number of anilines is 2. The fourth-order valence-electron chi connectivity index (χ4n) is 2.35. The lowest BCUT2D eigenvalue weighted by atomic mass is 10.1. The Balaban J connectivity index is 1.50. The first kappa shape index (κ1) is 15.0. The van der Waals surface area contributed by atoms with Crippen LogP contribution in [0.25, 0.3) is 0 Å². The number of thioether (sulfide) groups is 1. The van der Waals surface area contributed by atoms with Crippen LogP contribution in [-0.4, -0.2) is 61.7 Å². The standard InChI is InChI=1S/C13H19N7OS/c21-10-2-1-6-20(8-10)11-3-4-14-12(18-11)15-5-7-22-13-16-9-17-19-13/h3-4,9-10,21H,1-2,5-8H2,(H,14,15,18)(H,16,17,19)/t10-/m1/s1. The summed E-state index contributed by atoms with van der Waals surface area (Å²) in [6.07, 6.45) is 4.83. The molecule has 2 aromatic heterocycles. The van der Waals surface area contributed by atoms with Gasteiger partial charge in [-0.25, -0.2) is 9.97 Å². The van der Waals surface area contributed by atoms with Crippen molar-refractivity contribution in [1.82, 2.24) is 25.1 Å². The molecule has 0 radical (unpaired) electrons. The van der Waals surface area contributed by atoms with Crippen molar-refractivity contribution in [2.24, 2.45) is 0 Å². The second-order valence-electron chi connectivity index (χ2n) is 5.05. The lowest BCUT2D eigenvalue weighted by Gasteiger charge is -2.31. The van der Waals surface area contributed by atoms with Crippen LogP contribution >= 0.6 is 11.8 Å². The van der Waals surface area contributed by atoms with Crippen LogP contribution in [0.15, 0.2) is 23.7 Å². The van der Waals surface area contributed by atoms with E-state index < -0.39 is 0 Å². The molecule has 118 valence electrons. The third-order valence-corrected chi connectivity index (χ3v) is 4.26. The van der Waals surface area contributed by atoms with Crippen molar-refractivity contribution < 1.29 is 5.11 Å². The number of piperidine rings is 1. The van der Waals surface area contributed by atoms with Crippen LogP contribution in [0.2, 0.25) is 0 Å². The Kier molecular flexibility index (Phi) is 5.07. The predicted octanol–water partition coefficient (Wildman–Crippen LogP) is 0.760. The van der Waals surface area contributed by atoms with Crippen molar-refractivity contribution in [2.45, 2.75) is 24.1 Å². The Bertz CT molecular complexity index is 580. The Labute approximate surface area is 132 Å². The Morgan fingerprint density at radius 3 is 3.23 bits per heavy atom. The number of rotatable bonds is 6. The minimum atomic E-state index is -0.265. The molecule has 0 bridgehead atoms. The molecule has 1 saturated heterocycles. The molecule has 3 heterocycles. The quantitative estimate of drug-likeness (QED) is 0.529. The van der Waals surface area contributed by atoms with E-state index in [1.54, 1.807) is 18.0 Å². The summed E-state index contributed by atoms with van der Waals surface area (Å²) in [6.45, 7) is 2.30. The maximum Gasteiger partial charge on any atom is 0.224 e. The van der Waals surface area contributed by atoms with Gasteiger partial charge < -0.3 is 15.3 Å². The molecule has 0 aliphatic carbocycles. The fourth-order valence-corrected chi connectivity index (χ4v) is 2.98.